The molecule has 0 saturated carbocycles. The molecular formula is C15H12BrClF2. The summed E-state index contributed by atoms with van der Waals surface area (Å²) in [6.45, 7) is 0. The third-order valence-corrected chi connectivity index (χ3v) is 4.00. The zero-order chi connectivity index (χ0) is 13.8. The summed E-state index contributed by atoms with van der Waals surface area (Å²) < 4.78 is 27.0. The van der Waals surface area contributed by atoms with Crippen LogP contribution in [0.1, 0.15) is 17.0 Å². The molecule has 0 aromatic heterocycles. The van der Waals surface area contributed by atoms with E-state index in [1.54, 1.807) is 18.2 Å². The van der Waals surface area contributed by atoms with Crippen molar-refractivity contribution in [3.63, 3.8) is 0 Å². The summed E-state index contributed by atoms with van der Waals surface area (Å²) in [6.07, 6.45) is 0.498. The molecule has 0 amide bonds. The molecule has 0 radical (unpaired) electrons. The first-order chi connectivity index (χ1) is 9.10. The Morgan fingerprint density at radius 3 is 2.53 bits per heavy atom. The van der Waals surface area contributed by atoms with Crippen molar-refractivity contribution in [2.45, 2.75) is 12.3 Å². The fraction of sp³-hybridized carbons (Fsp3) is 0.200. The molecule has 2 aromatic rings. The zero-order valence-corrected chi connectivity index (χ0v) is 12.4. The molecule has 1 unspecified atom stereocenters. The molecule has 0 heterocycles. The summed E-state index contributed by atoms with van der Waals surface area (Å²) in [5, 5.41) is 1.01. The lowest BCUT2D eigenvalue weighted by molar-refractivity contribution is 0.596. The Hall–Kier alpha value is -0.930. The molecule has 0 fully saturated rings. The van der Waals surface area contributed by atoms with E-state index in [4.69, 9.17) is 11.6 Å². The maximum atomic E-state index is 13.8. The van der Waals surface area contributed by atoms with Crippen molar-refractivity contribution in [2.75, 3.05) is 5.33 Å². The Morgan fingerprint density at radius 1 is 1.11 bits per heavy atom. The number of rotatable bonds is 4. The molecule has 0 aliphatic heterocycles. The molecule has 4 heteroatoms. The van der Waals surface area contributed by atoms with Crippen molar-refractivity contribution >= 4 is 27.5 Å². The molecule has 0 spiro atoms. The quantitative estimate of drug-likeness (QED) is 0.656. The smallest absolute Gasteiger partial charge is 0.127 e. The number of hydrogen-bond acceptors (Lipinski definition) is 0. The van der Waals surface area contributed by atoms with Gasteiger partial charge in [-0.15, -0.1) is 0 Å². The molecule has 1 atom stereocenters. The lowest BCUT2D eigenvalue weighted by Gasteiger charge is -2.15. The van der Waals surface area contributed by atoms with Gasteiger partial charge >= 0.3 is 0 Å². The van der Waals surface area contributed by atoms with Gasteiger partial charge in [-0.25, -0.2) is 8.78 Å². The summed E-state index contributed by atoms with van der Waals surface area (Å²) in [5.41, 5.74) is 1.43. The molecule has 0 aliphatic carbocycles. The van der Waals surface area contributed by atoms with Gasteiger partial charge in [-0.05, 0) is 47.7 Å². The minimum atomic E-state index is -0.324. The molecule has 0 saturated heterocycles. The predicted octanol–water partition coefficient (Wildman–Crippen LogP) is 5.34. The number of hydrogen-bond donors (Lipinski definition) is 0. The van der Waals surface area contributed by atoms with Gasteiger partial charge in [0.25, 0.3) is 0 Å². The van der Waals surface area contributed by atoms with E-state index in [9.17, 15) is 8.78 Å². The summed E-state index contributed by atoms with van der Waals surface area (Å²) in [7, 11) is 0. The van der Waals surface area contributed by atoms with Crippen molar-refractivity contribution in [1.82, 2.24) is 0 Å². The average molecular weight is 346 g/mol. The monoisotopic (exact) mass is 344 g/mol. The van der Waals surface area contributed by atoms with E-state index in [0.29, 0.717) is 22.3 Å². The Morgan fingerprint density at radius 2 is 1.89 bits per heavy atom. The van der Waals surface area contributed by atoms with E-state index >= 15 is 0 Å². The standard InChI is InChI=1S/C15H12BrClF2/c16-9-12(10-2-1-3-14(18)7-10)6-11-4-5-13(17)8-15(11)19/h1-5,7-8,12H,6,9H2. The number of alkyl halides is 1. The third kappa shape index (κ3) is 3.77. The van der Waals surface area contributed by atoms with E-state index in [-0.39, 0.29) is 17.6 Å². The molecule has 0 N–H and O–H groups in total. The second-order valence-electron chi connectivity index (χ2n) is 4.35. The van der Waals surface area contributed by atoms with Crippen molar-refractivity contribution < 1.29 is 8.78 Å². The summed E-state index contributed by atoms with van der Waals surface area (Å²) in [6, 6.07) is 11.0. The van der Waals surface area contributed by atoms with Crippen LogP contribution in [0.3, 0.4) is 0 Å². The highest BCUT2D eigenvalue weighted by atomic mass is 79.9. The van der Waals surface area contributed by atoms with Crippen molar-refractivity contribution in [1.29, 1.82) is 0 Å². The molecule has 19 heavy (non-hydrogen) atoms. The van der Waals surface area contributed by atoms with E-state index < -0.39 is 0 Å². The van der Waals surface area contributed by atoms with Gasteiger partial charge in [-0.1, -0.05) is 45.7 Å². The van der Waals surface area contributed by atoms with E-state index in [2.05, 4.69) is 15.9 Å². The first-order valence-corrected chi connectivity index (χ1v) is 7.35. The number of halogens is 4. The Bertz CT molecular complexity index is 572. The van der Waals surface area contributed by atoms with E-state index in [1.807, 2.05) is 6.07 Å². The highest BCUT2D eigenvalue weighted by Crippen LogP contribution is 2.26. The first-order valence-electron chi connectivity index (χ1n) is 5.85. The second-order valence-corrected chi connectivity index (χ2v) is 5.43. The number of benzene rings is 2. The lowest BCUT2D eigenvalue weighted by atomic mass is 9.93. The van der Waals surface area contributed by atoms with Crippen LogP contribution in [0, 0.1) is 11.6 Å². The Kier molecular flexibility index (Phi) is 4.94. The van der Waals surface area contributed by atoms with Gasteiger partial charge in [0.05, 0.1) is 0 Å². The minimum Gasteiger partial charge on any atom is -0.207 e. The largest absolute Gasteiger partial charge is 0.207 e. The van der Waals surface area contributed by atoms with Gasteiger partial charge in [0.15, 0.2) is 0 Å². The molecular weight excluding hydrogens is 334 g/mol. The van der Waals surface area contributed by atoms with Crippen molar-refractivity contribution in [2.24, 2.45) is 0 Å². The topological polar surface area (TPSA) is 0 Å². The highest BCUT2D eigenvalue weighted by Gasteiger charge is 2.14. The van der Waals surface area contributed by atoms with Crippen LogP contribution in [-0.4, -0.2) is 5.33 Å². The van der Waals surface area contributed by atoms with Crippen LogP contribution in [0.2, 0.25) is 5.02 Å². The summed E-state index contributed by atoms with van der Waals surface area (Å²) >= 11 is 9.13. The lowest BCUT2D eigenvalue weighted by Crippen LogP contribution is -2.06. The SMILES string of the molecule is Fc1cccc(C(CBr)Cc2ccc(Cl)cc2F)c1. The first kappa shape index (κ1) is 14.5. The predicted molar refractivity (Wildman–Crippen MR) is 78.0 cm³/mol. The Labute approximate surface area is 124 Å². The van der Waals surface area contributed by atoms with Crippen LogP contribution in [-0.2, 0) is 6.42 Å². The fourth-order valence-corrected chi connectivity index (χ4v) is 2.74. The minimum absolute atomic E-state index is 0.0198. The van der Waals surface area contributed by atoms with Gasteiger partial charge in [0, 0.05) is 10.4 Å². The molecule has 2 aromatic carbocycles. The summed E-state index contributed by atoms with van der Waals surface area (Å²) in [5.74, 6) is -0.582. The van der Waals surface area contributed by atoms with Crippen LogP contribution < -0.4 is 0 Å². The molecule has 0 nitrogen and oxygen atoms in total. The van der Waals surface area contributed by atoms with Gasteiger partial charge < -0.3 is 0 Å². The van der Waals surface area contributed by atoms with E-state index in [1.165, 1.54) is 18.2 Å². The van der Waals surface area contributed by atoms with Crippen molar-refractivity contribution in [3.05, 3.63) is 70.2 Å². The van der Waals surface area contributed by atoms with Gasteiger partial charge in [-0.2, -0.15) is 0 Å². The normalized spacial score (nSPS) is 12.4. The zero-order valence-electron chi connectivity index (χ0n) is 10.0. The maximum absolute atomic E-state index is 13.8. The highest BCUT2D eigenvalue weighted by molar-refractivity contribution is 9.09. The third-order valence-electron chi connectivity index (χ3n) is 2.99. The molecule has 2 rings (SSSR count). The average Bonchev–Trinajstić information content (AvgIpc) is 2.38. The Balaban J connectivity index is 2.24. The summed E-state index contributed by atoms with van der Waals surface area (Å²) in [4.78, 5) is 0. The maximum Gasteiger partial charge on any atom is 0.127 e. The van der Waals surface area contributed by atoms with E-state index in [0.717, 1.165) is 5.56 Å². The van der Waals surface area contributed by atoms with Gasteiger partial charge in [0.2, 0.25) is 0 Å². The van der Waals surface area contributed by atoms with Gasteiger partial charge in [-0.3, -0.25) is 0 Å². The van der Waals surface area contributed by atoms with Crippen LogP contribution in [0.5, 0.6) is 0 Å². The second kappa shape index (κ2) is 6.49. The fourth-order valence-electron chi connectivity index (χ4n) is 1.97. The van der Waals surface area contributed by atoms with Crippen LogP contribution in [0.4, 0.5) is 8.78 Å². The van der Waals surface area contributed by atoms with Crippen LogP contribution in [0.15, 0.2) is 42.5 Å². The van der Waals surface area contributed by atoms with Gasteiger partial charge in [0.1, 0.15) is 11.6 Å². The molecule has 0 bridgehead atoms. The van der Waals surface area contributed by atoms with Crippen LogP contribution >= 0.6 is 27.5 Å². The molecule has 0 aliphatic rings. The van der Waals surface area contributed by atoms with Crippen LogP contribution in [0.25, 0.3) is 0 Å². The van der Waals surface area contributed by atoms with Crippen molar-refractivity contribution in [3.8, 4) is 0 Å². The molecule has 100 valence electrons.